The molecule has 0 fully saturated rings. The van der Waals surface area contributed by atoms with Gasteiger partial charge in [-0.3, -0.25) is 0 Å². The second-order valence-corrected chi connectivity index (χ2v) is 12.5. The van der Waals surface area contributed by atoms with Crippen LogP contribution in [0.1, 0.15) is 11.1 Å². The van der Waals surface area contributed by atoms with E-state index in [0.29, 0.717) is 11.3 Å². The third kappa shape index (κ3) is 6.37. The summed E-state index contributed by atoms with van der Waals surface area (Å²) >= 11 is 0. The molecule has 38 heavy (non-hydrogen) atoms. The number of aromatic nitrogens is 2. The van der Waals surface area contributed by atoms with E-state index in [1.54, 1.807) is 36.4 Å². The van der Waals surface area contributed by atoms with Gasteiger partial charge in [-0.25, -0.2) is 26.8 Å². The topological polar surface area (TPSA) is 103 Å². The van der Waals surface area contributed by atoms with Gasteiger partial charge in [-0.1, -0.05) is 24.3 Å². The van der Waals surface area contributed by atoms with Gasteiger partial charge >= 0.3 is 6.18 Å². The Morgan fingerprint density at radius 1 is 0.816 bits per heavy atom. The largest absolute Gasteiger partial charge is 0.489 e. The molecule has 0 radical (unpaired) electrons. The number of benzene rings is 3. The van der Waals surface area contributed by atoms with Crippen molar-refractivity contribution in [3.05, 3.63) is 90.1 Å². The van der Waals surface area contributed by atoms with Crippen LogP contribution in [0.3, 0.4) is 0 Å². The Morgan fingerprint density at radius 3 is 2.05 bits per heavy atom. The van der Waals surface area contributed by atoms with E-state index in [-0.39, 0.29) is 33.5 Å². The van der Waals surface area contributed by atoms with Crippen LogP contribution in [0.2, 0.25) is 0 Å². The number of rotatable bonds is 7. The maximum Gasteiger partial charge on any atom is 0.416 e. The van der Waals surface area contributed by atoms with Crippen LogP contribution in [0, 0.1) is 0 Å². The number of nitrogens with zero attached hydrogens (tertiary/aromatic N) is 2. The summed E-state index contributed by atoms with van der Waals surface area (Å²) in [5.74, 6) is 0.611. The highest BCUT2D eigenvalue weighted by Crippen LogP contribution is 2.34. The van der Waals surface area contributed by atoms with Gasteiger partial charge < -0.3 is 4.74 Å². The first-order chi connectivity index (χ1) is 17.7. The van der Waals surface area contributed by atoms with E-state index in [1.807, 2.05) is 0 Å². The molecule has 0 unspecified atom stereocenters. The molecule has 3 aromatic carbocycles. The zero-order valence-corrected chi connectivity index (χ0v) is 21.7. The molecule has 0 saturated heterocycles. The Morgan fingerprint density at radius 2 is 1.47 bits per heavy atom. The van der Waals surface area contributed by atoms with Gasteiger partial charge in [-0.05, 0) is 54.1 Å². The van der Waals surface area contributed by atoms with E-state index >= 15 is 0 Å². The quantitative estimate of drug-likeness (QED) is 0.304. The minimum atomic E-state index is -4.61. The van der Waals surface area contributed by atoms with Crippen LogP contribution in [0.5, 0.6) is 5.75 Å². The minimum Gasteiger partial charge on any atom is -0.489 e. The first kappa shape index (κ1) is 27.3. The summed E-state index contributed by atoms with van der Waals surface area (Å²) < 4.78 is 93.3. The lowest BCUT2D eigenvalue weighted by Crippen LogP contribution is -2.07. The van der Waals surface area contributed by atoms with Gasteiger partial charge in [0.2, 0.25) is 0 Å². The SMILES string of the molecule is CS(=O)(=O)c1ccc(COc2ccc(-c3ncc(S(C)(=O)=O)c(-c4cccc(C(F)(F)F)c4)n3)cc2)cc1. The van der Waals surface area contributed by atoms with Gasteiger partial charge in [-0.2, -0.15) is 13.2 Å². The van der Waals surface area contributed by atoms with E-state index in [4.69, 9.17) is 4.74 Å². The normalized spacial score (nSPS) is 12.3. The van der Waals surface area contributed by atoms with E-state index in [2.05, 4.69) is 9.97 Å². The number of halogens is 3. The van der Waals surface area contributed by atoms with Crippen LogP contribution in [-0.2, 0) is 32.5 Å². The highest BCUT2D eigenvalue weighted by molar-refractivity contribution is 7.91. The molecule has 0 amide bonds. The zero-order chi connectivity index (χ0) is 27.7. The summed E-state index contributed by atoms with van der Waals surface area (Å²) in [4.78, 5) is 8.34. The maximum absolute atomic E-state index is 13.2. The Labute approximate surface area is 217 Å². The zero-order valence-electron chi connectivity index (χ0n) is 20.1. The van der Waals surface area contributed by atoms with Crippen molar-refractivity contribution in [3.63, 3.8) is 0 Å². The molecule has 0 aliphatic heterocycles. The summed E-state index contributed by atoms with van der Waals surface area (Å²) in [6, 6.07) is 17.1. The number of hydrogen-bond donors (Lipinski definition) is 0. The second kappa shape index (κ2) is 10.2. The monoisotopic (exact) mass is 562 g/mol. The van der Waals surface area contributed by atoms with Gasteiger partial charge in [0, 0.05) is 23.6 Å². The second-order valence-electron chi connectivity index (χ2n) is 8.49. The summed E-state index contributed by atoms with van der Waals surface area (Å²) in [6.07, 6.45) is -1.47. The van der Waals surface area contributed by atoms with Crippen LogP contribution in [-0.4, -0.2) is 39.3 Å². The number of ether oxygens (including phenoxy) is 1. The van der Waals surface area contributed by atoms with Crippen LogP contribution >= 0.6 is 0 Å². The first-order valence-corrected chi connectivity index (χ1v) is 14.8. The van der Waals surface area contributed by atoms with Gasteiger partial charge in [0.05, 0.1) is 22.3 Å². The number of sulfone groups is 2. The van der Waals surface area contributed by atoms with Crippen LogP contribution < -0.4 is 4.74 Å². The lowest BCUT2D eigenvalue weighted by Gasteiger charge is -2.12. The fourth-order valence-corrected chi connectivity index (χ4v) is 4.92. The van der Waals surface area contributed by atoms with E-state index in [0.717, 1.165) is 36.4 Å². The minimum absolute atomic E-state index is 0.00857. The molecule has 0 aliphatic carbocycles. The molecule has 1 heterocycles. The highest BCUT2D eigenvalue weighted by Gasteiger charge is 2.31. The van der Waals surface area contributed by atoms with Gasteiger partial charge in [0.25, 0.3) is 0 Å². The lowest BCUT2D eigenvalue weighted by atomic mass is 10.1. The highest BCUT2D eigenvalue weighted by atomic mass is 32.2. The predicted molar refractivity (Wildman–Crippen MR) is 135 cm³/mol. The summed E-state index contributed by atoms with van der Waals surface area (Å²) in [5, 5.41) is 0. The van der Waals surface area contributed by atoms with Crippen molar-refractivity contribution in [2.45, 2.75) is 22.6 Å². The van der Waals surface area contributed by atoms with Crippen molar-refractivity contribution in [1.29, 1.82) is 0 Å². The number of hydrogen-bond acceptors (Lipinski definition) is 7. The molecule has 0 aliphatic rings. The first-order valence-electron chi connectivity index (χ1n) is 11.0. The van der Waals surface area contributed by atoms with Gasteiger partial charge in [0.15, 0.2) is 25.5 Å². The molecular formula is C26H21F3N2O5S2. The summed E-state index contributed by atoms with van der Waals surface area (Å²) in [5.41, 5.74) is 0.171. The third-order valence-corrected chi connectivity index (χ3v) is 7.71. The van der Waals surface area contributed by atoms with Crippen LogP contribution in [0.15, 0.2) is 88.8 Å². The molecular weight excluding hydrogens is 541 g/mol. The Balaban J connectivity index is 1.60. The van der Waals surface area contributed by atoms with Crippen molar-refractivity contribution < 1.29 is 34.7 Å². The molecule has 0 spiro atoms. The molecule has 4 rings (SSSR count). The standard InChI is InChI=1S/C26H21F3N2O5S2/c1-37(32,33)22-12-6-17(7-13-22)16-36-21-10-8-18(9-11-21)25-30-15-23(38(2,34)35)24(31-25)19-4-3-5-20(14-19)26(27,28)29/h3-15H,16H2,1-2H3. The summed E-state index contributed by atoms with van der Waals surface area (Å²) in [7, 11) is -7.13. The van der Waals surface area contributed by atoms with Crippen LogP contribution in [0.4, 0.5) is 13.2 Å². The Bertz CT molecular complexity index is 1690. The smallest absolute Gasteiger partial charge is 0.416 e. The maximum atomic E-state index is 13.2. The molecule has 7 nitrogen and oxygen atoms in total. The molecule has 0 N–H and O–H groups in total. The molecule has 0 saturated carbocycles. The van der Waals surface area contributed by atoms with Crippen molar-refractivity contribution in [2.75, 3.05) is 12.5 Å². The number of alkyl halides is 3. The van der Waals surface area contributed by atoms with Crippen molar-refractivity contribution in [2.24, 2.45) is 0 Å². The average molecular weight is 563 g/mol. The van der Waals surface area contributed by atoms with Gasteiger partial charge in [-0.15, -0.1) is 0 Å². The molecule has 4 aromatic rings. The average Bonchev–Trinajstić information content (AvgIpc) is 2.86. The fourth-order valence-electron chi connectivity index (χ4n) is 3.53. The van der Waals surface area contributed by atoms with E-state index in [1.165, 1.54) is 24.3 Å². The predicted octanol–water partition coefficient (Wildman–Crippen LogP) is 5.22. The van der Waals surface area contributed by atoms with Crippen LogP contribution in [0.25, 0.3) is 22.6 Å². The molecule has 12 heteroatoms. The third-order valence-electron chi connectivity index (χ3n) is 5.49. The molecule has 0 bridgehead atoms. The fraction of sp³-hybridized carbons (Fsp3) is 0.154. The molecule has 198 valence electrons. The van der Waals surface area contributed by atoms with Crippen molar-refractivity contribution in [1.82, 2.24) is 9.97 Å². The Kier molecular flexibility index (Phi) is 7.31. The Hall–Kier alpha value is -3.77. The van der Waals surface area contributed by atoms with Crippen molar-refractivity contribution >= 4 is 19.7 Å². The van der Waals surface area contributed by atoms with E-state index < -0.39 is 31.4 Å². The molecule has 1 aromatic heterocycles. The van der Waals surface area contributed by atoms with Gasteiger partial charge in [0.1, 0.15) is 17.3 Å². The van der Waals surface area contributed by atoms with Crippen molar-refractivity contribution in [3.8, 4) is 28.4 Å². The summed E-state index contributed by atoms with van der Waals surface area (Å²) in [6.45, 7) is 0.183. The lowest BCUT2D eigenvalue weighted by molar-refractivity contribution is -0.137. The molecule has 0 atom stereocenters. The van der Waals surface area contributed by atoms with E-state index in [9.17, 15) is 30.0 Å².